The Labute approximate surface area is 166 Å². The van der Waals surface area contributed by atoms with Crippen LogP contribution in [0.3, 0.4) is 0 Å². The van der Waals surface area contributed by atoms with Crippen molar-refractivity contribution in [1.82, 2.24) is 20.4 Å². The second kappa shape index (κ2) is 9.04. The first-order valence-electron chi connectivity index (χ1n) is 10.0. The van der Waals surface area contributed by atoms with Gasteiger partial charge in [-0.1, -0.05) is 42.5 Å². The smallest absolute Gasteiger partial charge is 0.118 e. The molecular formula is C23H28N4O. The fourth-order valence-electron chi connectivity index (χ4n) is 3.98. The normalized spacial score (nSPS) is 15.6. The van der Waals surface area contributed by atoms with Crippen LogP contribution in [0.5, 0.6) is 5.75 Å². The number of benzene rings is 2. The summed E-state index contributed by atoms with van der Waals surface area (Å²) in [7, 11) is 1.71. The molecule has 146 valence electrons. The van der Waals surface area contributed by atoms with Crippen molar-refractivity contribution >= 4 is 0 Å². The van der Waals surface area contributed by atoms with Crippen molar-refractivity contribution in [2.75, 3.05) is 26.7 Å². The van der Waals surface area contributed by atoms with E-state index in [0.717, 1.165) is 24.5 Å². The summed E-state index contributed by atoms with van der Waals surface area (Å²) >= 11 is 0. The molecule has 0 radical (unpaired) electrons. The highest BCUT2D eigenvalue weighted by molar-refractivity contribution is 5.62. The molecule has 1 aromatic heterocycles. The van der Waals surface area contributed by atoms with E-state index in [2.05, 4.69) is 68.9 Å². The number of ether oxygens (including phenoxy) is 1. The third kappa shape index (κ3) is 4.26. The lowest BCUT2D eigenvalue weighted by molar-refractivity contribution is 0.238. The van der Waals surface area contributed by atoms with Crippen LogP contribution in [0, 0.1) is 0 Å². The van der Waals surface area contributed by atoms with Crippen molar-refractivity contribution in [3.63, 3.8) is 0 Å². The lowest BCUT2D eigenvalue weighted by atomic mass is 10.0. The molecule has 4 rings (SSSR count). The number of nitrogens with zero attached hydrogens (tertiary/aromatic N) is 2. The highest BCUT2D eigenvalue weighted by atomic mass is 16.5. The Hall–Kier alpha value is -2.63. The van der Waals surface area contributed by atoms with E-state index < -0.39 is 0 Å². The van der Waals surface area contributed by atoms with Crippen LogP contribution in [-0.4, -0.2) is 41.8 Å². The molecule has 1 atom stereocenters. The summed E-state index contributed by atoms with van der Waals surface area (Å²) in [6.07, 6.45) is 4.49. The maximum Gasteiger partial charge on any atom is 0.118 e. The van der Waals surface area contributed by atoms with E-state index in [1.807, 2.05) is 12.3 Å². The largest absolute Gasteiger partial charge is 0.497 e. The number of nitrogens with one attached hydrogen (secondary N) is 2. The quantitative estimate of drug-likeness (QED) is 0.624. The first-order chi connectivity index (χ1) is 13.8. The average Bonchev–Trinajstić information content (AvgIpc) is 3.44. The van der Waals surface area contributed by atoms with Crippen molar-refractivity contribution < 1.29 is 4.74 Å². The number of hydrogen-bond acceptors (Lipinski definition) is 4. The molecule has 2 aromatic carbocycles. The molecule has 1 aliphatic heterocycles. The number of H-pyrrole nitrogens is 1. The van der Waals surface area contributed by atoms with Crippen molar-refractivity contribution in [1.29, 1.82) is 0 Å². The SMILES string of the molecule is COc1ccc(C(CNCc2cn[nH]c2-c2ccccc2)N2CCCC2)cc1. The van der Waals surface area contributed by atoms with E-state index in [9.17, 15) is 0 Å². The van der Waals surface area contributed by atoms with Crippen LogP contribution in [0.1, 0.15) is 30.0 Å². The summed E-state index contributed by atoms with van der Waals surface area (Å²) in [4.78, 5) is 2.59. The molecule has 0 saturated carbocycles. The highest BCUT2D eigenvalue weighted by Crippen LogP contribution is 2.27. The van der Waals surface area contributed by atoms with E-state index in [0.29, 0.717) is 6.04 Å². The van der Waals surface area contributed by atoms with Gasteiger partial charge in [0.05, 0.1) is 19.0 Å². The van der Waals surface area contributed by atoms with E-state index >= 15 is 0 Å². The molecular weight excluding hydrogens is 348 g/mol. The summed E-state index contributed by atoms with van der Waals surface area (Å²) in [6.45, 7) is 4.03. The van der Waals surface area contributed by atoms with Crippen LogP contribution in [0.15, 0.2) is 60.8 Å². The van der Waals surface area contributed by atoms with Gasteiger partial charge in [0.1, 0.15) is 5.75 Å². The van der Waals surface area contributed by atoms with Crippen LogP contribution in [0.25, 0.3) is 11.3 Å². The van der Waals surface area contributed by atoms with Gasteiger partial charge >= 0.3 is 0 Å². The molecule has 1 aliphatic rings. The maximum atomic E-state index is 5.32. The minimum atomic E-state index is 0.375. The number of aromatic nitrogens is 2. The summed E-state index contributed by atoms with van der Waals surface area (Å²) in [5.41, 5.74) is 4.80. The molecule has 2 heterocycles. The molecule has 3 aromatic rings. The number of likely N-dealkylation sites (tertiary alicyclic amines) is 1. The van der Waals surface area contributed by atoms with Gasteiger partial charge in [0.25, 0.3) is 0 Å². The number of aromatic amines is 1. The Kier molecular flexibility index (Phi) is 6.04. The molecule has 5 heteroatoms. The zero-order valence-corrected chi connectivity index (χ0v) is 16.4. The Morgan fingerprint density at radius 3 is 2.54 bits per heavy atom. The van der Waals surface area contributed by atoms with Crippen LogP contribution >= 0.6 is 0 Å². The van der Waals surface area contributed by atoms with E-state index in [4.69, 9.17) is 4.74 Å². The second-order valence-corrected chi connectivity index (χ2v) is 7.30. The van der Waals surface area contributed by atoms with Gasteiger partial charge in [0.2, 0.25) is 0 Å². The van der Waals surface area contributed by atoms with Crippen molar-refractivity contribution in [3.8, 4) is 17.0 Å². The van der Waals surface area contributed by atoms with Gasteiger partial charge < -0.3 is 10.1 Å². The Morgan fingerprint density at radius 2 is 1.82 bits per heavy atom. The first-order valence-corrected chi connectivity index (χ1v) is 10.0. The van der Waals surface area contributed by atoms with E-state index in [1.54, 1.807) is 7.11 Å². The number of rotatable bonds is 8. The average molecular weight is 377 g/mol. The molecule has 0 amide bonds. The summed E-state index contributed by atoms with van der Waals surface area (Å²) in [6, 6.07) is 19.2. The lowest BCUT2D eigenvalue weighted by Crippen LogP contribution is -2.34. The maximum absolute atomic E-state index is 5.32. The Balaban J connectivity index is 1.44. The topological polar surface area (TPSA) is 53.2 Å². The minimum Gasteiger partial charge on any atom is -0.497 e. The van der Waals surface area contributed by atoms with Gasteiger partial charge in [-0.25, -0.2) is 0 Å². The second-order valence-electron chi connectivity index (χ2n) is 7.30. The minimum absolute atomic E-state index is 0.375. The van der Waals surface area contributed by atoms with Crippen molar-refractivity contribution in [2.24, 2.45) is 0 Å². The molecule has 0 bridgehead atoms. The Bertz CT molecular complexity index is 854. The monoisotopic (exact) mass is 376 g/mol. The summed E-state index contributed by atoms with van der Waals surface area (Å²) < 4.78 is 5.32. The molecule has 0 aliphatic carbocycles. The Morgan fingerprint density at radius 1 is 1.07 bits per heavy atom. The molecule has 5 nitrogen and oxygen atoms in total. The fraction of sp³-hybridized carbons (Fsp3) is 0.348. The van der Waals surface area contributed by atoms with Crippen LogP contribution < -0.4 is 10.1 Å². The number of methoxy groups -OCH3 is 1. The predicted molar refractivity (Wildman–Crippen MR) is 112 cm³/mol. The van der Waals surface area contributed by atoms with Crippen LogP contribution in [0.4, 0.5) is 0 Å². The molecule has 28 heavy (non-hydrogen) atoms. The molecule has 1 unspecified atom stereocenters. The van der Waals surface area contributed by atoms with Crippen LogP contribution in [0.2, 0.25) is 0 Å². The summed E-state index contributed by atoms with van der Waals surface area (Å²) in [5.74, 6) is 0.905. The predicted octanol–water partition coefficient (Wildman–Crippen LogP) is 4.01. The van der Waals surface area contributed by atoms with Gasteiger partial charge in [-0.2, -0.15) is 5.10 Å². The van der Waals surface area contributed by atoms with Gasteiger partial charge in [0, 0.05) is 24.7 Å². The van der Waals surface area contributed by atoms with Gasteiger partial charge in [-0.05, 0) is 49.2 Å². The lowest BCUT2D eigenvalue weighted by Gasteiger charge is -2.28. The molecule has 2 N–H and O–H groups in total. The van der Waals surface area contributed by atoms with Crippen LogP contribution in [-0.2, 0) is 6.54 Å². The van der Waals surface area contributed by atoms with Gasteiger partial charge in [-0.3, -0.25) is 10.00 Å². The molecule has 1 fully saturated rings. The van der Waals surface area contributed by atoms with Crippen molar-refractivity contribution in [2.45, 2.75) is 25.4 Å². The summed E-state index contributed by atoms with van der Waals surface area (Å²) in [5, 5.41) is 11.1. The first kappa shape index (κ1) is 18.7. The van der Waals surface area contributed by atoms with E-state index in [-0.39, 0.29) is 0 Å². The number of hydrogen-bond donors (Lipinski definition) is 2. The molecule has 1 saturated heterocycles. The standard InChI is InChI=1S/C23H28N4O/c1-28-21-11-9-18(10-12-21)22(27-13-5-6-14-27)17-24-15-20-16-25-26-23(20)19-7-3-2-4-8-19/h2-4,7-12,16,22,24H,5-6,13-15,17H2,1H3,(H,25,26). The zero-order chi connectivity index (χ0) is 19.2. The van der Waals surface area contributed by atoms with Gasteiger partial charge in [-0.15, -0.1) is 0 Å². The van der Waals surface area contributed by atoms with Gasteiger partial charge in [0.15, 0.2) is 0 Å². The van der Waals surface area contributed by atoms with E-state index in [1.165, 1.54) is 42.6 Å². The van der Waals surface area contributed by atoms with Crippen molar-refractivity contribution in [3.05, 3.63) is 71.9 Å². The highest BCUT2D eigenvalue weighted by Gasteiger charge is 2.23. The fourth-order valence-corrected chi connectivity index (χ4v) is 3.98. The zero-order valence-electron chi connectivity index (χ0n) is 16.4. The third-order valence-corrected chi connectivity index (χ3v) is 5.52. The third-order valence-electron chi connectivity index (χ3n) is 5.52. The molecule has 0 spiro atoms.